The summed E-state index contributed by atoms with van der Waals surface area (Å²) in [4.78, 5) is 7.63. The molecular weight excluding hydrogens is 398 g/mol. The number of H-pyrrole nitrogens is 1. The second kappa shape index (κ2) is 9.65. The molecule has 0 radical (unpaired) electrons. The molecule has 3 N–H and O–H groups in total. The predicted molar refractivity (Wildman–Crippen MR) is 134 cm³/mol. The first-order valence-corrected chi connectivity index (χ1v) is 11.4. The van der Waals surface area contributed by atoms with Gasteiger partial charge in [-0.1, -0.05) is 24.3 Å². The molecule has 6 nitrogen and oxygen atoms in total. The normalized spacial score (nSPS) is 20.0. The van der Waals surface area contributed by atoms with Gasteiger partial charge in [-0.3, -0.25) is 5.41 Å². The maximum absolute atomic E-state index is 8.70. The van der Waals surface area contributed by atoms with Crippen molar-refractivity contribution in [1.82, 2.24) is 14.8 Å². The van der Waals surface area contributed by atoms with Crippen molar-refractivity contribution < 1.29 is 4.74 Å². The molecule has 1 aromatic heterocycles. The number of nitrogens with one attached hydrogen (secondary N) is 3. The van der Waals surface area contributed by atoms with Crippen molar-refractivity contribution in [1.29, 1.82) is 5.41 Å². The van der Waals surface area contributed by atoms with E-state index >= 15 is 0 Å². The third-order valence-electron chi connectivity index (χ3n) is 6.45. The fourth-order valence-corrected chi connectivity index (χ4v) is 4.52. The van der Waals surface area contributed by atoms with Crippen LogP contribution < -0.4 is 5.32 Å². The van der Waals surface area contributed by atoms with Crippen LogP contribution in [-0.2, 0) is 4.74 Å². The van der Waals surface area contributed by atoms with Crippen LogP contribution in [0.4, 0.5) is 5.82 Å². The Bertz CT molecular complexity index is 1020. The Morgan fingerprint density at radius 2 is 1.97 bits per heavy atom. The Morgan fingerprint density at radius 1 is 1.16 bits per heavy atom. The molecule has 1 aliphatic heterocycles. The lowest BCUT2D eigenvalue weighted by Gasteiger charge is -2.29. The minimum atomic E-state index is 0.110. The number of aromatic amines is 1. The third-order valence-corrected chi connectivity index (χ3v) is 6.45. The highest BCUT2D eigenvalue weighted by Gasteiger charge is 2.25. The average molecular weight is 434 g/mol. The van der Waals surface area contributed by atoms with Crippen LogP contribution in [0.15, 0.2) is 53.5 Å². The number of nitrogens with zero attached hydrogens (tertiary/aromatic N) is 2. The Balaban J connectivity index is 1.53. The summed E-state index contributed by atoms with van der Waals surface area (Å²) in [5.74, 6) is 2.81. The van der Waals surface area contributed by atoms with Gasteiger partial charge in [0.2, 0.25) is 0 Å². The smallest absolute Gasteiger partial charge is 0.122 e. The Kier molecular flexibility index (Phi) is 6.70. The number of amidine groups is 1. The zero-order valence-electron chi connectivity index (χ0n) is 19.7. The van der Waals surface area contributed by atoms with E-state index in [2.05, 4.69) is 76.8 Å². The van der Waals surface area contributed by atoms with Gasteiger partial charge in [0.1, 0.15) is 17.4 Å². The van der Waals surface area contributed by atoms with E-state index in [1.54, 1.807) is 7.11 Å². The molecule has 3 aliphatic rings. The van der Waals surface area contributed by atoms with Gasteiger partial charge in [-0.2, -0.15) is 0 Å². The molecule has 170 valence electrons. The lowest BCUT2D eigenvalue weighted by molar-refractivity contribution is 0.308. The highest BCUT2D eigenvalue weighted by molar-refractivity contribution is 5.89. The van der Waals surface area contributed by atoms with Crippen molar-refractivity contribution in [2.75, 3.05) is 53.2 Å². The average Bonchev–Trinajstić information content (AvgIpc) is 3.25. The molecule has 0 spiro atoms. The fourth-order valence-electron chi connectivity index (χ4n) is 4.52. The van der Waals surface area contributed by atoms with Crippen molar-refractivity contribution >= 4 is 23.3 Å². The van der Waals surface area contributed by atoms with E-state index in [0.29, 0.717) is 5.84 Å². The number of hydrogen-bond acceptors (Lipinski definition) is 4. The highest BCUT2D eigenvalue weighted by Crippen LogP contribution is 2.38. The maximum Gasteiger partial charge on any atom is 0.122 e. The minimum Gasteiger partial charge on any atom is -0.496 e. The van der Waals surface area contributed by atoms with E-state index in [1.165, 1.54) is 22.3 Å². The monoisotopic (exact) mass is 433 g/mol. The molecule has 0 saturated heterocycles. The van der Waals surface area contributed by atoms with E-state index in [1.807, 2.05) is 7.05 Å². The Hall–Kier alpha value is -2.99. The van der Waals surface area contributed by atoms with E-state index in [4.69, 9.17) is 10.1 Å². The standard InChI is InChI=1S/C26H35N5O/c1-30(2)12-13-31(3)25(27)19-9-7-8-18(14-19)20-15-22-23(17-29-26(22)28-16-20)21-10-5-6-11-24(21)32-4/h7-11,15,17,19,27-29H,5-6,12-14,16H2,1-4H3. The molecule has 0 aromatic carbocycles. The van der Waals surface area contributed by atoms with Crippen molar-refractivity contribution in [3.8, 4) is 0 Å². The number of aromatic nitrogens is 1. The van der Waals surface area contributed by atoms with Crippen LogP contribution in [0.2, 0.25) is 0 Å². The SMILES string of the molecule is COC1=CCCC=C1c1c[nH]c2c1C=C(C1=CC=CC(C(=N)N(C)CCN(C)C)C1)CN2. The van der Waals surface area contributed by atoms with Crippen molar-refractivity contribution in [3.05, 3.63) is 64.6 Å². The predicted octanol–water partition coefficient (Wildman–Crippen LogP) is 4.50. The number of methoxy groups -OCH3 is 1. The number of hydrogen-bond donors (Lipinski definition) is 3. The van der Waals surface area contributed by atoms with E-state index in [0.717, 1.165) is 56.0 Å². The van der Waals surface area contributed by atoms with Gasteiger partial charge in [-0.15, -0.1) is 0 Å². The summed E-state index contributed by atoms with van der Waals surface area (Å²) in [5.41, 5.74) is 6.12. The summed E-state index contributed by atoms with van der Waals surface area (Å²) < 4.78 is 5.65. The van der Waals surface area contributed by atoms with Gasteiger partial charge < -0.3 is 24.8 Å². The quantitative estimate of drug-likeness (QED) is 0.437. The second-order valence-corrected chi connectivity index (χ2v) is 8.98. The van der Waals surface area contributed by atoms with Gasteiger partial charge in [-0.05, 0) is 56.7 Å². The number of likely N-dealkylation sites (N-methyl/N-ethyl adjacent to an activating group) is 2. The summed E-state index contributed by atoms with van der Waals surface area (Å²) in [6.45, 7) is 2.59. The van der Waals surface area contributed by atoms with Crippen molar-refractivity contribution in [2.45, 2.75) is 19.3 Å². The molecular formula is C26H35N5O. The zero-order valence-corrected chi connectivity index (χ0v) is 19.7. The minimum absolute atomic E-state index is 0.110. The molecule has 0 bridgehead atoms. The van der Waals surface area contributed by atoms with Gasteiger partial charge in [0.05, 0.1) is 7.11 Å². The van der Waals surface area contributed by atoms with Crippen LogP contribution in [0.1, 0.15) is 30.4 Å². The van der Waals surface area contributed by atoms with Crippen LogP contribution in [0.3, 0.4) is 0 Å². The number of fused-ring (bicyclic) bond motifs is 1. The first kappa shape index (κ1) is 22.2. The highest BCUT2D eigenvalue weighted by atomic mass is 16.5. The van der Waals surface area contributed by atoms with Crippen LogP contribution in [-0.4, -0.2) is 68.5 Å². The summed E-state index contributed by atoms with van der Waals surface area (Å²) in [7, 11) is 7.91. The van der Waals surface area contributed by atoms with E-state index in [-0.39, 0.29) is 5.92 Å². The van der Waals surface area contributed by atoms with E-state index in [9.17, 15) is 0 Å². The lowest BCUT2D eigenvalue weighted by Crippen LogP contribution is -2.37. The number of anilines is 1. The summed E-state index contributed by atoms with van der Waals surface area (Å²) in [6, 6.07) is 0. The molecule has 2 aliphatic carbocycles. The molecule has 0 fully saturated rings. The summed E-state index contributed by atoms with van der Waals surface area (Å²) >= 11 is 0. The first-order valence-electron chi connectivity index (χ1n) is 11.4. The summed E-state index contributed by atoms with van der Waals surface area (Å²) in [5, 5.41) is 12.3. The molecule has 4 rings (SSSR count). The van der Waals surface area contributed by atoms with Crippen LogP contribution in [0, 0.1) is 11.3 Å². The second-order valence-electron chi connectivity index (χ2n) is 8.98. The van der Waals surface area contributed by atoms with Gasteiger partial charge in [0, 0.05) is 55.5 Å². The number of rotatable bonds is 7. The topological polar surface area (TPSA) is 67.4 Å². The van der Waals surface area contributed by atoms with Gasteiger partial charge in [0.25, 0.3) is 0 Å². The summed E-state index contributed by atoms with van der Waals surface area (Å²) in [6.07, 6.45) is 18.2. The van der Waals surface area contributed by atoms with Crippen LogP contribution in [0.25, 0.3) is 11.6 Å². The number of ether oxygens (including phenoxy) is 1. The van der Waals surface area contributed by atoms with Gasteiger partial charge >= 0.3 is 0 Å². The molecule has 0 saturated carbocycles. The first-order chi connectivity index (χ1) is 15.5. The molecule has 1 aromatic rings. The Morgan fingerprint density at radius 3 is 2.75 bits per heavy atom. The fraction of sp³-hybridized carbons (Fsp3) is 0.423. The molecule has 2 heterocycles. The van der Waals surface area contributed by atoms with Gasteiger partial charge in [-0.25, -0.2) is 0 Å². The van der Waals surface area contributed by atoms with Crippen LogP contribution in [0.5, 0.6) is 0 Å². The maximum atomic E-state index is 8.70. The van der Waals surface area contributed by atoms with Crippen molar-refractivity contribution in [2.24, 2.45) is 5.92 Å². The third kappa shape index (κ3) is 4.60. The molecule has 6 heteroatoms. The largest absolute Gasteiger partial charge is 0.496 e. The van der Waals surface area contributed by atoms with Crippen LogP contribution >= 0.6 is 0 Å². The molecule has 1 atom stereocenters. The molecule has 1 unspecified atom stereocenters. The number of allylic oxidation sites excluding steroid dienone is 5. The molecule has 32 heavy (non-hydrogen) atoms. The van der Waals surface area contributed by atoms with Crippen molar-refractivity contribution in [3.63, 3.8) is 0 Å². The van der Waals surface area contributed by atoms with Gasteiger partial charge in [0.15, 0.2) is 0 Å². The van der Waals surface area contributed by atoms with E-state index < -0.39 is 0 Å². The molecule has 0 amide bonds. The zero-order chi connectivity index (χ0) is 22.7. The Labute approximate surface area is 191 Å². The lowest BCUT2D eigenvalue weighted by atomic mass is 9.86.